The van der Waals surface area contributed by atoms with Gasteiger partial charge in [-0.2, -0.15) is 0 Å². The molecule has 3 rings (SSSR count). The first-order chi connectivity index (χ1) is 10.9. The predicted octanol–water partition coefficient (Wildman–Crippen LogP) is 2.46. The molecule has 0 amide bonds. The quantitative estimate of drug-likeness (QED) is 0.912. The zero-order valence-electron chi connectivity index (χ0n) is 13.1. The smallest absolute Gasteiger partial charge is 0.338 e. The van der Waals surface area contributed by atoms with Gasteiger partial charge in [-0.15, -0.1) is 0 Å². The molecule has 0 bridgehead atoms. The number of carboxylic acid groups (broad SMARTS) is 1. The minimum Gasteiger partial charge on any atom is -0.478 e. The lowest BCUT2D eigenvalue weighted by atomic mass is 10.0. The minimum absolute atomic E-state index is 0.0102. The fourth-order valence-electron chi connectivity index (χ4n) is 3.60. The van der Waals surface area contributed by atoms with Crippen LogP contribution in [0, 0.1) is 12.7 Å². The number of halogens is 1. The van der Waals surface area contributed by atoms with E-state index in [9.17, 15) is 19.1 Å². The van der Waals surface area contributed by atoms with E-state index in [1.165, 1.54) is 22.8 Å². The van der Waals surface area contributed by atoms with Gasteiger partial charge in [0.2, 0.25) is 0 Å². The maximum absolute atomic E-state index is 14.2. The summed E-state index contributed by atoms with van der Waals surface area (Å²) in [5.74, 6) is -1.84. The fourth-order valence-corrected chi connectivity index (χ4v) is 3.60. The summed E-state index contributed by atoms with van der Waals surface area (Å²) in [6, 6.07) is 3.94. The van der Waals surface area contributed by atoms with Crippen molar-refractivity contribution in [1.82, 2.24) is 9.88 Å². The standard InChI is InChI=1S/C17H19FN2O3/c1-9(13-7-4-8-19-13)20-10(2)14(17(22)23)11-5-3-6-12(18)15(11)16(20)21/h3,5-6,9,13,19H,4,7-8H2,1-2H3,(H,22,23)/t9-,13?/m1/s1. The molecule has 1 aromatic heterocycles. The number of nitrogens with one attached hydrogen (secondary N) is 1. The maximum Gasteiger partial charge on any atom is 0.338 e. The molecule has 5 nitrogen and oxygen atoms in total. The Labute approximate surface area is 132 Å². The van der Waals surface area contributed by atoms with E-state index in [0.717, 1.165) is 19.4 Å². The molecule has 0 aliphatic carbocycles. The van der Waals surface area contributed by atoms with E-state index in [2.05, 4.69) is 5.32 Å². The molecule has 1 aliphatic heterocycles. The van der Waals surface area contributed by atoms with Gasteiger partial charge in [0.25, 0.3) is 5.56 Å². The predicted molar refractivity (Wildman–Crippen MR) is 85.6 cm³/mol. The molecule has 1 aliphatic rings. The highest BCUT2D eigenvalue weighted by molar-refractivity contribution is 6.04. The van der Waals surface area contributed by atoms with Crippen LogP contribution in [0.2, 0.25) is 0 Å². The number of pyridine rings is 1. The summed E-state index contributed by atoms with van der Waals surface area (Å²) < 4.78 is 15.6. The number of hydrogen-bond donors (Lipinski definition) is 2. The molecule has 0 radical (unpaired) electrons. The third kappa shape index (κ3) is 2.43. The van der Waals surface area contributed by atoms with Gasteiger partial charge in [-0.1, -0.05) is 12.1 Å². The zero-order chi connectivity index (χ0) is 16.7. The van der Waals surface area contributed by atoms with Gasteiger partial charge in [0, 0.05) is 23.2 Å². The molecule has 2 heterocycles. The second-order valence-corrected chi connectivity index (χ2v) is 6.05. The molecule has 2 atom stereocenters. The average Bonchev–Trinajstić information content (AvgIpc) is 3.00. The number of fused-ring (bicyclic) bond motifs is 1. The Morgan fingerprint density at radius 3 is 2.83 bits per heavy atom. The lowest BCUT2D eigenvalue weighted by Crippen LogP contribution is -2.38. The summed E-state index contributed by atoms with van der Waals surface area (Å²) in [7, 11) is 0. The number of aromatic carboxylic acids is 1. The largest absolute Gasteiger partial charge is 0.478 e. The van der Waals surface area contributed by atoms with Crippen molar-refractivity contribution in [3.63, 3.8) is 0 Å². The number of hydrogen-bond acceptors (Lipinski definition) is 3. The van der Waals surface area contributed by atoms with Crippen LogP contribution in [0.15, 0.2) is 23.0 Å². The van der Waals surface area contributed by atoms with Crippen LogP contribution in [0.3, 0.4) is 0 Å². The maximum atomic E-state index is 14.2. The number of carbonyl (C=O) groups is 1. The van der Waals surface area contributed by atoms with Crippen molar-refractivity contribution in [1.29, 1.82) is 0 Å². The number of nitrogens with zero attached hydrogens (tertiary/aromatic N) is 1. The van der Waals surface area contributed by atoms with Crippen molar-refractivity contribution in [2.24, 2.45) is 0 Å². The Bertz CT molecular complexity index is 838. The average molecular weight is 318 g/mol. The molecule has 2 aromatic rings. The molecule has 6 heteroatoms. The van der Waals surface area contributed by atoms with Crippen molar-refractivity contribution < 1.29 is 14.3 Å². The second kappa shape index (κ2) is 5.77. The first kappa shape index (κ1) is 15.7. The highest BCUT2D eigenvalue weighted by Crippen LogP contribution is 2.26. The molecule has 0 saturated carbocycles. The van der Waals surface area contributed by atoms with Gasteiger partial charge >= 0.3 is 5.97 Å². The molecule has 122 valence electrons. The first-order valence-electron chi connectivity index (χ1n) is 7.73. The van der Waals surface area contributed by atoms with Crippen LogP contribution in [-0.4, -0.2) is 28.2 Å². The first-order valence-corrected chi connectivity index (χ1v) is 7.73. The second-order valence-electron chi connectivity index (χ2n) is 6.05. The van der Waals surface area contributed by atoms with Gasteiger partial charge in [0.1, 0.15) is 5.82 Å². The molecule has 1 fully saturated rings. The monoisotopic (exact) mass is 318 g/mol. The summed E-state index contributed by atoms with van der Waals surface area (Å²) in [4.78, 5) is 24.5. The van der Waals surface area contributed by atoms with Crippen LogP contribution < -0.4 is 10.9 Å². The van der Waals surface area contributed by atoms with Gasteiger partial charge in [-0.05, 0) is 39.3 Å². The Balaban J connectivity index is 2.36. The Hall–Kier alpha value is -2.21. The molecule has 23 heavy (non-hydrogen) atoms. The Morgan fingerprint density at radius 2 is 2.22 bits per heavy atom. The van der Waals surface area contributed by atoms with Gasteiger partial charge in [0.15, 0.2) is 0 Å². The van der Waals surface area contributed by atoms with E-state index in [1.54, 1.807) is 6.92 Å². The summed E-state index contributed by atoms with van der Waals surface area (Å²) in [5.41, 5.74) is -0.118. The third-order valence-electron chi connectivity index (χ3n) is 4.74. The van der Waals surface area contributed by atoms with E-state index in [1.807, 2.05) is 6.92 Å². The number of benzene rings is 1. The van der Waals surface area contributed by atoms with Crippen LogP contribution >= 0.6 is 0 Å². The highest BCUT2D eigenvalue weighted by atomic mass is 19.1. The highest BCUT2D eigenvalue weighted by Gasteiger charge is 2.28. The van der Waals surface area contributed by atoms with Crippen LogP contribution in [0.25, 0.3) is 10.8 Å². The van der Waals surface area contributed by atoms with Crippen molar-refractivity contribution in [3.8, 4) is 0 Å². The van der Waals surface area contributed by atoms with Crippen LogP contribution in [0.1, 0.15) is 41.9 Å². The lowest BCUT2D eigenvalue weighted by molar-refractivity contribution is 0.0697. The number of rotatable bonds is 3. The topological polar surface area (TPSA) is 71.3 Å². The van der Waals surface area contributed by atoms with Gasteiger partial charge < -0.3 is 15.0 Å². The molecule has 1 unspecified atom stereocenters. The molecular weight excluding hydrogens is 299 g/mol. The number of carboxylic acids is 1. The van der Waals surface area contributed by atoms with E-state index in [4.69, 9.17) is 0 Å². The fraction of sp³-hybridized carbons (Fsp3) is 0.412. The molecular formula is C17H19FN2O3. The van der Waals surface area contributed by atoms with E-state index >= 15 is 0 Å². The normalized spacial score (nSPS) is 19.2. The Morgan fingerprint density at radius 1 is 1.48 bits per heavy atom. The lowest BCUT2D eigenvalue weighted by Gasteiger charge is -2.26. The van der Waals surface area contributed by atoms with Gasteiger partial charge in [-0.25, -0.2) is 9.18 Å². The SMILES string of the molecule is Cc1c(C(=O)O)c2cccc(F)c2c(=O)n1[C@H](C)C1CCCN1. The molecule has 2 N–H and O–H groups in total. The molecule has 1 saturated heterocycles. The van der Waals surface area contributed by atoms with Gasteiger partial charge in [-0.3, -0.25) is 4.79 Å². The van der Waals surface area contributed by atoms with E-state index < -0.39 is 17.3 Å². The van der Waals surface area contributed by atoms with Crippen LogP contribution in [-0.2, 0) is 0 Å². The molecule has 0 spiro atoms. The van der Waals surface area contributed by atoms with Gasteiger partial charge in [0.05, 0.1) is 10.9 Å². The summed E-state index contributed by atoms with van der Waals surface area (Å²) in [6.45, 7) is 4.35. The van der Waals surface area contributed by atoms with Crippen molar-refractivity contribution in [2.75, 3.05) is 6.54 Å². The van der Waals surface area contributed by atoms with Crippen molar-refractivity contribution >= 4 is 16.7 Å². The van der Waals surface area contributed by atoms with Crippen LogP contribution in [0.4, 0.5) is 4.39 Å². The Kier molecular flexibility index (Phi) is 3.93. The summed E-state index contributed by atoms with van der Waals surface area (Å²) in [5, 5.41) is 12.9. The third-order valence-corrected chi connectivity index (χ3v) is 4.74. The summed E-state index contributed by atoms with van der Waals surface area (Å²) in [6.07, 6.45) is 1.92. The summed E-state index contributed by atoms with van der Waals surface area (Å²) >= 11 is 0. The van der Waals surface area contributed by atoms with Crippen LogP contribution in [0.5, 0.6) is 0 Å². The minimum atomic E-state index is -1.15. The van der Waals surface area contributed by atoms with Crippen molar-refractivity contribution in [3.05, 3.63) is 45.6 Å². The van der Waals surface area contributed by atoms with E-state index in [0.29, 0.717) is 5.69 Å². The molecule has 1 aromatic carbocycles. The van der Waals surface area contributed by atoms with Crippen molar-refractivity contribution in [2.45, 2.75) is 38.8 Å². The zero-order valence-corrected chi connectivity index (χ0v) is 13.1. The number of aromatic nitrogens is 1. The van der Waals surface area contributed by atoms with E-state index in [-0.39, 0.29) is 28.4 Å².